The molecule has 0 aromatic rings. The van der Waals surface area contributed by atoms with Gasteiger partial charge in [0.15, 0.2) is 6.29 Å². The van der Waals surface area contributed by atoms with Gasteiger partial charge in [0.2, 0.25) is 0 Å². The van der Waals surface area contributed by atoms with Crippen LogP contribution in [0.4, 0.5) is 4.39 Å². The first kappa shape index (κ1) is 8.86. The summed E-state index contributed by atoms with van der Waals surface area (Å²) in [7, 11) is 0. The fourth-order valence-electron chi connectivity index (χ4n) is 1.02. The monoisotopic (exact) mass is 166 g/mol. The number of aliphatic hydroxyl groups is 3. The maximum absolute atomic E-state index is 12.7. The molecule has 1 heterocycles. The zero-order chi connectivity index (χ0) is 8.43. The maximum Gasteiger partial charge on any atom is 0.184 e. The van der Waals surface area contributed by atoms with Crippen LogP contribution in [0.25, 0.3) is 0 Å². The first-order chi connectivity index (χ1) is 5.15. The van der Waals surface area contributed by atoms with E-state index in [4.69, 9.17) is 15.3 Å². The molecule has 5 heteroatoms. The number of hydrogen-bond acceptors (Lipinski definition) is 4. The Morgan fingerprint density at radius 1 is 1.45 bits per heavy atom. The van der Waals surface area contributed by atoms with Gasteiger partial charge in [-0.15, -0.1) is 0 Å². The normalized spacial score (nSPS) is 45.8. The van der Waals surface area contributed by atoms with Crippen molar-refractivity contribution < 1.29 is 24.4 Å². The highest BCUT2D eigenvalue weighted by Crippen LogP contribution is 2.20. The van der Waals surface area contributed by atoms with Crippen molar-refractivity contribution in [2.24, 2.45) is 0 Å². The summed E-state index contributed by atoms with van der Waals surface area (Å²) in [6.45, 7) is -0.343. The second-order valence-corrected chi connectivity index (χ2v) is 2.57. The van der Waals surface area contributed by atoms with Gasteiger partial charge in [0.25, 0.3) is 0 Å². The van der Waals surface area contributed by atoms with Crippen LogP contribution in [0.2, 0.25) is 0 Å². The molecule has 1 rings (SSSR count). The molecular formula is C6H11FO4. The third-order valence-electron chi connectivity index (χ3n) is 1.69. The van der Waals surface area contributed by atoms with Crippen molar-refractivity contribution in [3.05, 3.63) is 0 Å². The lowest BCUT2D eigenvalue weighted by molar-refractivity contribution is -0.241. The van der Waals surface area contributed by atoms with E-state index in [1.165, 1.54) is 0 Å². The second kappa shape index (κ2) is 3.44. The molecule has 4 unspecified atom stereocenters. The SMILES string of the molecule is OCC1CC(F)C(O)C(O)O1. The van der Waals surface area contributed by atoms with Crippen LogP contribution in [0.3, 0.4) is 0 Å². The molecule has 11 heavy (non-hydrogen) atoms. The van der Waals surface area contributed by atoms with Crippen LogP contribution in [0.15, 0.2) is 0 Å². The highest BCUT2D eigenvalue weighted by molar-refractivity contribution is 4.79. The minimum atomic E-state index is -1.52. The molecule has 3 N–H and O–H groups in total. The highest BCUT2D eigenvalue weighted by atomic mass is 19.1. The Bertz CT molecular complexity index is 120. The first-order valence-electron chi connectivity index (χ1n) is 3.41. The van der Waals surface area contributed by atoms with Gasteiger partial charge in [-0.2, -0.15) is 0 Å². The summed E-state index contributed by atoms with van der Waals surface area (Å²) in [4.78, 5) is 0. The van der Waals surface area contributed by atoms with Gasteiger partial charge in [0, 0.05) is 6.42 Å². The Morgan fingerprint density at radius 3 is 2.55 bits per heavy atom. The van der Waals surface area contributed by atoms with E-state index < -0.39 is 24.7 Å². The van der Waals surface area contributed by atoms with E-state index in [1.54, 1.807) is 0 Å². The Labute approximate surface area is 63.2 Å². The molecule has 0 amide bonds. The average molecular weight is 166 g/mol. The standard InChI is InChI=1S/C6H11FO4/c7-4-1-3(2-8)11-6(10)5(4)9/h3-6,8-10H,1-2H2. The van der Waals surface area contributed by atoms with Crippen LogP contribution in [-0.2, 0) is 4.74 Å². The molecule has 0 aromatic carbocycles. The Morgan fingerprint density at radius 2 is 2.09 bits per heavy atom. The minimum absolute atomic E-state index is 0.0747. The molecule has 0 saturated carbocycles. The van der Waals surface area contributed by atoms with Gasteiger partial charge >= 0.3 is 0 Å². The van der Waals surface area contributed by atoms with E-state index in [2.05, 4.69) is 4.74 Å². The zero-order valence-electron chi connectivity index (χ0n) is 5.85. The molecule has 1 fully saturated rings. The molecular weight excluding hydrogens is 155 g/mol. The summed E-state index contributed by atoms with van der Waals surface area (Å²) in [5, 5.41) is 26.2. The molecule has 1 aliphatic rings. The fourth-order valence-corrected chi connectivity index (χ4v) is 1.02. The maximum atomic E-state index is 12.7. The van der Waals surface area contributed by atoms with Crippen LogP contribution >= 0.6 is 0 Å². The molecule has 66 valence electrons. The summed E-state index contributed by atoms with van der Waals surface area (Å²) < 4.78 is 17.3. The van der Waals surface area contributed by atoms with Crippen molar-refractivity contribution in [3.8, 4) is 0 Å². The van der Waals surface area contributed by atoms with E-state index in [9.17, 15) is 4.39 Å². The molecule has 0 spiro atoms. The summed E-state index contributed by atoms with van der Waals surface area (Å²) in [6.07, 6.45) is -5.30. The lowest BCUT2D eigenvalue weighted by Gasteiger charge is -2.32. The molecule has 0 aromatic heterocycles. The summed E-state index contributed by atoms with van der Waals surface area (Å²) >= 11 is 0. The number of rotatable bonds is 1. The Kier molecular flexibility index (Phi) is 2.78. The molecule has 0 bridgehead atoms. The van der Waals surface area contributed by atoms with Gasteiger partial charge in [0.1, 0.15) is 12.3 Å². The Hall–Kier alpha value is -0.230. The van der Waals surface area contributed by atoms with E-state index in [1.807, 2.05) is 0 Å². The summed E-state index contributed by atoms with van der Waals surface area (Å²) in [6, 6.07) is 0. The predicted octanol–water partition coefficient (Wildman–Crippen LogP) is -1.21. The second-order valence-electron chi connectivity index (χ2n) is 2.57. The summed E-state index contributed by atoms with van der Waals surface area (Å²) in [5.41, 5.74) is 0. The van der Waals surface area contributed by atoms with Crippen molar-refractivity contribution in [3.63, 3.8) is 0 Å². The molecule has 4 atom stereocenters. The lowest BCUT2D eigenvalue weighted by Crippen LogP contribution is -2.47. The number of ether oxygens (including phenoxy) is 1. The number of hydrogen-bond donors (Lipinski definition) is 3. The summed E-state index contributed by atoms with van der Waals surface area (Å²) in [5.74, 6) is 0. The van der Waals surface area contributed by atoms with Gasteiger partial charge in [-0.25, -0.2) is 4.39 Å². The highest BCUT2D eigenvalue weighted by Gasteiger charge is 2.36. The van der Waals surface area contributed by atoms with Crippen LogP contribution in [-0.4, -0.2) is 46.6 Å². The topological polar surface area (TPSA) is 69.9 Å². The molecule has 1 aliphatic heterocycles. The number of aliphatic hydroxyl groups excluding tert-OH is 3. The van der Waals surface area contributed by atoms with Crippen LogP contribution in [0, 0.1) is 0 Å². The molecule has 4 nitrogen and oxygen atoms in total. The van der Waals surface area contributed by atoms with Crippen molar-refractivity contribution in [1.29, 1.82) is 0 Å². The molecule has 1 saturated heterocycles. The van der Waals surface area contributed by atoms with Gasteiger partial charge in [-0.3, -0.25) is 0 Å². The third kappa shape index (κ3) is 1.87. The zero-order valence-corrected chi connectivity index (χ0v) is 5.85. The Balaban J connectivity index is 2.47. The van der Waals surface area contributed by atoms with E-state index >= 15 is 0 Å². The van der Waals surface area contributed by atoms with Crippen molar-refractivity contribution >= 4 is 0 Å². The van der Waals surface area contributed by atoms with E-state index in [0.29, 0.717) is 0 Å². The lowest BCUT2D eigenvalue weighted by atomic mass is 10.0. The van der Waals surface area contributed by atoms with Gasteiger partial charge in [0.05, 0.1) is 12.7 Å². The quantitative estimate of drug-likeness (QED) is 0.457. The predicted molar refractivity (Wildman–Crippen MR) is 33.5 cm³/mol. The van der Waals surface area contributed by atoms with Gasteiger partial charge < -0.3 is 20.1 Å². The number of halogens is 1. The van der Waals surface area contributed by atoms with E-state index in [-0.39, 0.29) is 13.0 Å². The minimum Gasteiger partial charge on any atom is -0.394 e. The third-order valence-corrected chi connectivity index (χ3v) is 1.69. The molecule has 0 radical (unpaired) electrons. The largest absolute Gasteiger partial charge is 0.394 e. The van der Waals surface area contributed by atoms with Crippen LogP contribution in [0.5, 0.6) is 0 Å². The van der Waals surface area contributed by atoms with Crippen LogP contribution in [0.1, 0.15) is 6.42 Å². The van der Waals surface area contributed by atoms with Crippen LogP contribution < -0.4 is 0 Å². The van der Waals surface area contributed by atoms with Crippen molar-refractivity contribution in [2.45, 2.75) is 31.1 Å². The van der Waals surface area contributed by atoms with Gasteiger partial charge in [-0.1, -0.05) is 0 Å². The van der Waals surface area contributed by atoms with Crippen molar-refractivity contribution in [1.82, 2.24) is 0 Å². The van der Waals surface area contributed by atoms with Gasteiger partial charge in [-0.05, 0) is 0 Å². The molecule has 0 aliphatic carbocycles. The average Bonchev–Trinajstić information content (AvgIpc) is 1.99. The van der Waals surface area contributed by atoms with Crippen molar-refractivity contribution in [2.75, 3.05) is 6.61 Å². The smallest absolute Gasteiger partial charge is 0.184 e. The first-order valence-corrected chi connectivity index (χ1v) is 3.41. The van der Waals surface area contributed by atoms with E-state index in [0.717, 1.165) is 0 Å². The fraction of sp³-hybridized carbons (Fsp3) is 1.00. The number of alkyl halides is 1.